The summed E-state index contributed by atoms with van der Waals surface area (Å²) in [5.41, 5.74) is 4.45. The SMILES string of the molecule is Cc1ncsc1CCN(C)C(=O)CC1NC(=O)c2ccccc21. The van der Waals surface area contributed by atoms with E-state index >= 15 is 0 Å². The van der Waals surface area contributed by atoms with Crippen LogP contribution in [-0.4, -0.2) is 35.3 Å². The van der Waals surface area contributed by atoms with Crippen molar-refractivity contribution >= 4 is 23.2 Å². The molecule has 23 heavy (non-hydrogen) atoms. The van der Waals surface area contributed by atoms with Gasteiger partial charge in [0, 0.05) is 30.5 Å². The van der Waals surface area contributed by atoms with Gasteiger partial charge in [-0.1, -0.05) is 18.2 Å². The number of aromatic nitrogens is 1. The second kappa shape index (κ2) is 6.50. The number of benzene rings is 1. The maximum absolute atomic E-state index is 12.4. The Balaban J connectivity index is 1.59. The van der Waals surface area contributed by atoms with Crippen molar-refractivity contribution in [3.05, 3.63) is 51.5 Å². The maximum Gasteiger partial charge on any atom is 0.252 e. The third-order valence-electron chi connectivity index (χ3n) is 4.21. The minimum atomic E-state index is -0.223. The number of nitrogens with zero attached hydrogens (tertiary/aromatic N) is 2. The molecule has 120 valence electrons. The van der Waals surface area contributed by atoms with Gasteiger partial charge in [-0.3, -0.25) is 9.59 Å². The lowest BCUT2D eigenvalue weighted by molar-refractivity contribution is -0.130. The lowest BCUT2D eigenvalue weighted by Gasteiger charge is -2.19. The van der Waals surface area contributed by atoms with E-state index in [0.29, 0.717) is 18.5 Å². The number of carbonyl (C=O) groups is 2. The molecule has 0 bridgehead atoms. The molecule has 1 atom stereocenters. The van der Waals surface area contributed by atoms with Gasteiger partial charge in [-0.25, -0.2) is 4.98 Å². The third-order valence-corrected chi connectivity index (χ3v) is 5.20. The minimum Gasteiger partial charge on any atom is -0.345 e. The molecule has 0 aliphatic carbocycles. The number of thiazole rings is 1. The first kappa shape index (κ1) is 15.7. The van der Waals surface area contributed by atoms with E-state index in [9.17, 15) is 9.59 Å². The van der Waals surface area contributed by atoms with Gasteiger partial charge < -0.3 is 10.2 Å². The van der Waals surface area contributed by atoms with Crippen molar-refractivity contribution in [2.75, 3.05) is 13.6 Å². The van der Waals surface area contributed by atoms with Crippen molar-refractivity contribution in [1.29, 1.82) is 0 Å². The number of rotatable bonds is 5. The lowest BCUT2D eigenvalue weighted by Crippen LogP contribution is -2.32. The molecule has 0 radical (unpaired) electrons. The summed E-state index contributed by atoms with van der Waals surface area (Å²) in [6.07, 6.45) is 1.10. The van der Waals surface area contributed by atoms with Gasteiger partial charge in [-0.15, -0.1) is 11.3 Å². The molecule has 0 fully saturated rings. The van der Waals surface area contributed by atoms with Gasteiger partial charge in [-0.05, 0) is 18.6 Å². The number of hydrogen-bond acceptors (Lipinski definition) is 4. The van der Waals surface area contributed by atoms with Crippen LogP contribution in [0.5, 0.6) is 0 Å². The van der Waals surface area contributed by atoms with Crippen LogP contribution < -0.4 is 5.32 Å². The Morgan fingerprint density at radius 2 is 2.17 bits per heavy atom. The molecule has 1 N–H and O–H groups in total. The number of amides is 2. The number of aryl methyl sites for hydroxylation is 1. The summed E-state index contributed by atoms with van der Waals surface area (Å²) in [5, 5.41) is 2.89. The largest absolute Gasteiger partial charge is 0.345 e. The Morgan fingerprint density at radius 3 is 2.91 bits per heavy atom. The molecule has 1 unspecified atom stereocenters. The summed E-state index contributed by atoms with van der Waals surface area (Å²) in [5.74, 6) is -0.0597. The van der Waals surface area contributed by atoms with E-state index in [4.69, 9.17) is 0 Å². The molecule has 5 nitrogen and oxygen atoms in total. The predicted molar refractivity (Wildman–Crippen MR) is 89.5 cm³/mol. The number of fused-ring (bicyclic) bond motifs is 1. The first-order valence-corrected chi connectivity index (χ1v) is 8.47. The van der Waals surface area contributed by atoms with Crippen LogP contribution in [0.2, 0.25) is 0 Å². The van der Waals surface area contributed by atoms with Crippen molar-refractivity contribution in [2.45, 2.75) is 25.8 Å². The first-order valence-electron chi connectivity index (χ1n) is 7.59. The number of likely N-dealkylation sites (N-methyl/N-ethyl adjacent to an activating group) is 1. The van der Waals surface area contributed by atoms with Gasteiger partial charge in [0.15, 0.2) is 0 Å². The standard InChI is InChI=1S/C17H19N3O2S/c1-11-15(23-10-18-11)7-8-20(2)16(21)9-14-12-5-3-4-6-13(12)17(22)19-14/h3-6,10,14H,7-9H2,1-2H3,(H,19,22). The average molecular weight is 329 g/mol. The Labute approximate surface area is 139 Å². The highest BCUT2D eigenvalue weighted by Gasteiger charge is 2.30. The molecule has 1 aromatic carbocycles. The Kier molecular flexibility index (Phi) is 4.43. The molecular formula is C17H19N3O2S. The summed E-state index contributed by atoms with van der Waals surface area (Å²) in [7, 11) is 1.81. The van der Waals surface area contributed by atoms with Gasteiger partial charge in [0.05, 0.1) is 23.7 Å². The van der Waals surface area contributed by atoms with E-state index in [2.05, 4.69) is 10.3 Å². The molecule has 1 aromatic heterocycles. The molecule has 3 rings (SSSR count). The topological polar surface area (TPSA) is 62.3 Å². The predicted octanol–water partition coefficient (Wildman–Crippen LogP) is 2.33. The van der Waals surface area contributed by atoms with Gasteiger partial charge in [0.2, 0.25) is 5.91 Å². The van der Waals surface area contributed by atoms with Crippen molar-refractivity contribution in [1.82, 2.24) is 15.2 Å². The van der Waals surface area contributed by atoms with Gasteiger partial charge in [0.1, 0.15) is 0 Å². The highest BCUT2D eigenvalue weighted by Crippen LogP contribution is 2.27. The summed E-state index contributed by atoms with van der Waals surface area (Å²) < 4.78 is 0. The minimum absolute atomic E-state index is 0.0363. The summed E-state index contributed by atoms with van der Waals surface area (Å²) >= 11 is 1.62. The molecule has 6 heteroatoms. The van der Waals surface area contributed by atoms with Crippen molar-refractivity contribution in [3.8, 4) is 0 Å². The molecule has 0 saturated heterocycles. The van der Waals surface area contributed by atoms with Crippen molar-refractivity contribution in [2.24, 2.45) is 0 Å². The summed E-state index contributed by atoms with van der Waals surface area (Å²) in [4.78, 5) is 31.5. The van der Waals surface area contributed by atoms with Crippen LogP contribution in [0.3, 0.4) is 0 Å². The number of nitrogens with one attached hydrogen (secondary N) is 1. The van der Waals surface area contributed by atoms with Crippen LogP contribution >= 0.6 is 11.3 Å². The van der Waals surface area contributed by atoms with Gasteiger partial charge in [-0.2, -0.15) is 0 Å². The van der Waals surface area contributed by atoms with Crippen LogP contribution in [0.1, 0.15) is 39.0 Å². The fraction of sp³-hybridized carbons (Fsp3) is 0.353. The zero-order valence-electron chi connectivity index (χ0n) is 13.2. The fourth-order valence-corrected chi connectivity index (χ4v) is 3.54. The van der Waals surface area contributed by atoms with E-state index in [1.807, 2.05) is 30.6 Å². The van der Waals surface area contributed by atoms with Gasteiger partial charge >= 0.3 is 0 Å². The van der Waals surface area contributed by atoms with Gasteiger partial charge in [0.25, 0.3) is 5.91 Å². The second-order valence-corrected chi connectivity index (χ2v) is 6.68. The van der Waals surface area contributed by atoms with Crippen LogP contribution in [0.25, 0.3) is 0 Å². The second-order valence-electron chi connectivity index (χ2n) is 5.74. The monoisotopic (exact) mass is 329 g/mol. The number of hydrogen-bond donors (Lipinski definition) is 1. The van der Waals surface area contributed by atoms with E-state index in [-0.39, 0.29) is 17.9 Å². The Bertz CT molecular complexity index is 741. The first-order chi connectivity index (χ1) is 11.1. The molecule has 2 amide bonds. The highest BCUT2D eigenvalue weighted by molar-refractivity contribution is 7.09. The Hall–Kier alpha value is -2.21. The number of carbonyl (C=O) groups excluding carboxylic acids is 2. The van der Waals surface area contributed by atoms with Crippen molar-refractivity contribution in [3.63, 3.8) is 0 Å². The van der Waals surface area contributed by atoms with E-state index in [1.165, 1.54) is 4.88 Å². The van der Waals surface area contributed by atoms with Crippen LogP contribution in [0.4, 0.5) is 0 Å². The van der Waals surface area contributed by atoms with Crippen LogP contribution in [0, 0.1) is 6.92 Å². The quantitative estimate of drug-likeness (QED) is 0.916. The zero-order chi connectivity index (χ0) is 16.4. The normalized spacial score (nSPS) is 16.1. The van der Waals surface area contributed by atoms with E-state index < -0.39 is 0 Å². The van der Waals surface area contributed by atoms with Crippen molar-refractivity contribution < 1.29 is 9.59 Å². The average Bonchev–Trinajstić information content (AvgIpc) is 3.09. The molecule has 2 heterocycles. The lowest BCUT2D eigenvalue weighted by atomic mass is 10.0. The zero-order valence-corrected chi connectivity index (χ0v) is 14.0. The highest BCUT2D eigenvalue weighted by atomic mass is 32.1. The summed E-state index contributed by atoms with van der Waals surface area (Å²) in [6.45, 7) is 2.64. The molecule has 1 aliphatic heterocycles. The van der Waals surface area contributed by atoms with Crippen LogP contribution in [-0.2, 0) is 11.2 Å². The van der Waals surface area contributed by atoms with E-state index in [1.54, 1.807) is 29.4 Å². The molecular weight excluding hydrogens is 310 g/mol. The van der Waals surface area contributed by atoms with E-state index in [0.717, 1.165) is 17.7 Å². The molecule has 2 aromatic rings. The third kappa shape index (κ3) is 3.27. The smallest absolute Gasteiger partial charge is 0.252 e. The fourth-order valence-electron chi connectivity index (χ4n) is 2.77. The molecule has 1 aliphatic rings. The summed E-state index contributed by atoms with van der Waals surface area (Å²) in [6, 6.07) is 7.22. The van der Waals surface area contributed by atoms with Crippen LogP contribution in [0.15, 0.2) is 29.8 Å². The maximum atomic E-state index is 12.4. The molecule has 0 saturated carbocycles. The Morgan fingerprint density at radius 1 is 1.39 bits per heavy atom. The molecule has 0 spiro atoms.